The highest BCUT2D eigenvalue weighted by Crippen LogP contribution is 2.51. The van der Waals surface area contributed by atoms with Crippen molar-refractivity contribution in [1.29, 1.82) is 0 Å². The molecule has 1 saturated carbocycles. The maximum atomic E-state index is 14.3. The number of anilines is 1. The second-order valence-corrected chi connectivity index (χ2v) is 10.2. The Labute approximate surface area is 184 Å². The molecule has 1 saturated heterocycles. The molecule has 1 aliphatic heterocycles. The average molecular weight is 451 g/mol. The van der Waals surface area contributed by atoms with E-state index < -0.39 is 23.1 Å². The Kier molecular flexibility index (Phi) is 5.11. The summed E-state index contributed by atoms with van der Waals surface area (Å²) >= 11 is 0. The number of aromatic carboxylic acids is 1. The summed E-state index contributed by atoms with van der Waals surface area (Å²) in [5.41, 5.74) is -0.930. The minimum absolute atomic E-state index is 0.0744. The third-order valence-corrected chi connectivity index (χ3v) is 6.57. The molecule has 0 unspecified atom stereocenters. The highest BCUT2D eigenvalue weighted by atomic mass is 19.4. The Bertz CT molecular complexity index is 1050. The van der Waals surface area contributed by atoms with E-state index in [4.69, 9.17) is 0 Å². The van der Waals surface area contributed by atoms with Crippen LogP contribution in [0.1, 0.15) is 66.7 Å². The van der Waals surface area contributed by atoms with Crippen molar-refractivity contribution < 1.29 is 28.2 Å². The van der Waals surface area contributed by atoms with Crippen molar-refractivity contribution in [3.63, 3.8) is 0 Å². The van der Waals surface area contributed by atoms with Crippen LogP contribution in [0.3, 0.4) is 0 Å². The zero-order valence-corrected chi connectivity index (χ0v) is 18.6. The molecule has 2 heterocycles. The van der Waals surface area contributed by atoms with Gasteiger partial charge in [-0.1, -0.05) is 32.9 Å². The summed E-state index contributed by atoms with van der Waals surface area (Å²) in [6.45, 7) is 8.00. The highest BCUT2D eigenvalue weighted by molar-refractivity contribution is 5.86. The van der Waals surface area contributed by atoms with Crippen LogP contribution in [0.5, 0.6) is 0 Å². The molecule has 0 amide bonds. The molecular formula is C23H28F3N3O3. The number of nitrogens with zero attached hydrogens (tertiary/aromatic N) is 3. The van der Waals surface area contributed by atoms with Crippen molar-refractivity contribution in [2.75, 3.05) is 18.0 Å². The molecule has 1 aromatic carbocycles. The molecule has 0 atom stereocenters. The molecule has 0 radical (unpaired) electrons. The van der Waals surface area contributed by atoms with Gasteiger partial charge < -0.3 is 19.7 Å². The molecule has 174 valence electrons. The normalized spacial score (nSPS) is 18.6. The van der Waals surface area contributed by atoms with Crippen LogP contribution in [0.4, 0.5) is 18.9 Å². The number of carbonyl (C=O) groups is 1. The summed E-state index contributed by atoms with van der Waals surface area (Å²) in [4.78, 5) is 17.6. The number of carboxylic acid groups (broad SMARTS) is 1. The molecular weight excluding hydrogens is 423 g/mol. The molecule has 4 rings (SSSR count). The van der Waals surface area contributed by atoms with Gasteiger partial charge >= 0.3 is 12.1 Å². The first-order valence-corrected chi connectivity index (χ1v) is 10.6. The fourth-order valence-electron chi connectivity index (χ4n) is 5.11. The lowest BCUT2D eigenvalue weighted by molar-refractivity contribution is -0.138. The van der Waals surface area contributed by atoms with Crippen LogP contribution in [0.15, 0.2) is 18.2 Å². The quantitative estimate of drug-likeness (QED) is 0.728. The number of carboxylic acids is 1. The van der Waals surface area contributed by atoms with Gasteiger partial charge in [0.15, 0.2) is 5.69 Å². The highest BCUT2D eigenvalue weighted by Gasteiger charge is 2.53. The summed E-state index contributed by atoms with van der Waals surface area (Å²) in [6.07, 6.45) is -3.66. The standard InChI is InChI=1S/C23H28F3N3O3/c1-13-18(19(31)32)27-20(21(2,3)4)29(13)10-14-6-5-7-16(17(14)23(24,25)26)28-11-22(12-28)8-15(30)9-22/h5-7,15,30H,8-12H2,1-4H3,(H,31,32). The maximum absolute atomic E-state index is 14.3. The number of alkyl halides is 3. The largest absolute Gasteiger partial charge is 0.476 e. The van der Waals surface area contributed by atoms with Gasteiger partial charge in [-0.05, 0) is 31.4 Å². The summed E-state index contributed by atoms with van der Waals surface area (Å²) in [5.74, 6) is -0.776. The van der Waals surface area contributed by atoms with Crippen molar-refractivity contribution >= 4 is 11.7 Å². The van der Waals surface area contributed by atoms with E-state index in [1.807, 2.05) is 20.8 Å². The van der Waals surface area contributed by atoms with Gasteiger partial charge in [0.2, 0.25) is 0 Å². The van der Waals surface area contributed by atoms with E-state index in [1.165, 1.54) is 12.1 Å². The molecule has 0 bridgehead atoms. The smallest absolute Gasteiger partial charge is 0.418 e. The van der Waals surface area contributed by atoms with E-state index in [2.05, 4.69) is 4.98 Å². The molecule has 2 aromatic rings. The number of hydrogen-bond donors (Lipinski definition) is 2. The van der Waals surface area contributed by atoms with Gasteiger partial charge in [-0.15, -0.1) is 0 Å². The minimum Gasteiger partial charge on any atom is -0.476 e. The van der Waals surface area contributed by atoms with Gasteiger partial charge in [0.1, 0.15) is 5.82 Å². The van der Waals surface area contributed by atoms with E-state index >= 15 is 0 Å². The monoisotopic (exact) mass is 451 g/mol. The van der Waals surface area contributed by atoms with Crippen molar-refractivity contribution in [3.05, 3.63) is 46.5 Å². The lowest BCUT2D eigenvalue weighted by Gasteiger charge is -2.59. The average Bonchev–Trinajstić information content (AvgIpc) is 2.93. The number of aromatic nitrogens is 2. The molecule has 32 heavy (non-hydrogen) atoms. The second kappa shape index (κ2) is 7.23. The Morgan fingerprint density at radius 1 is 1.22 bits per heavy atom. The van der Waals surface area contributed by atoms with Gasteiger partial charge in [-0.25, -0.2) is 9.78 Å². The number of halogens is 3. The van der Waals surface area contributed by atoms with Crippen LogP contribution < -0.4 is 4.90 Å². The van der Waals surface area contributed by atoms with Crippen LogP contribution in [0.25, 0.3) is 0 Å². The summed E-state index contributed by atoms with van der Waals surface area (Å²) in [5, 5.41) is 19.1. The van der Waals surface area contributed by atoms with E-state index in [-0.39, 0.29) is 35.0 Å². The number of benzene rings is 1. The Hall–Kier alpha value is -2.55. The topological polar surface area (TPSA) is 78.6 Å². The zero-order valence-electron chi connectivity index (χ0n) is 18.6. The van der Waals surface area contributed by atoms with Gasteiger partial charge in [-0.2, -0.15) is 13.2 Å². The maximum Gasteiger partial charge on any atom is 0.418 e. The first-order valence-electron chi connectivity index (χ1n) is 10.6. The summed E-state index contributed by atoms with van der Waals surface area (Å²) in [7, 11) is 0. The Balaban J connectivity index is 1.75. The third-order valence-electron chi connectivity index (χ3n) is 6.57. The van der Waals surface area contributed by atoms with Gasteiger partial charge in [0, 0.05) is 41.8 Å². The zero-order chi connectivity index (χ0) is 23.6. The van der Waals surface area contributed by atoms with Crippen molar-refractivity contribution in [3.8, 4) is 0 Å². The lowest BCUT2D eigenvalue weighted by atomic mass is 9.61. The predicted octanol–water partition coefficient (Wildman–Crippen LogP) is 4.22. The van der Waals surface area contributed by atoms with E-state index in [1.54, 1.807) is 22.5 Å². The molecule has 6 nitrogen and oxygen atoms in total. The molecule has 1 aromatic heterocycles. The van der Waals surface area contributed by atoms with Crippen LogP contribution in [-0.4, -0.2) is 44.9 Å². The molecule has 2 aliphatic rings. The van der Waals surface area contributed by atoms with Crippen molar-refractivity contribution in [1.82, 2.24) is 9.55 Å². The van der Waals surface area contributed by atoms with E-state index in [0.29, 0.717) is 37.4 Å². The summed E-state index contributed by atoms with van der Waals surface area (Å²) in [6, 6.07) is 4.55. The first-order chi connectivity index (χ1) is 14.7. The number of rotatable bonds is 4. The Morgan fingerprint density at radius 3 is 2.34 bits per heavy atom. The fraction of sp³-hybridized carbons (Fsp3) is 0.565. The van der Waals surface area contributed by atoms with Gasteiger partial charge in [-0.3, -0.25) is 0 Å². The van der Waals surface area contributed by atoms with E-state index in [0.717, 1.165) is 0 Å². The number of hydrogen-bond acceptors (Lipinski definition) is 4. The summed E-state index contributed by atoms with van der Waals surface area (Å²) < 4.78 is 44.4. The number of aliphatic hydroxyl groups is 1. The molecule has 1 aliphatic carbocycles. The SMILES string of the molecule is Cc1c(C(=O)O)nc(C(C)(C)C)n1Cc1cccc(N2CC3(CC(O)C3)C2)c1C(F)(F)F. The molecule has 2 fully saturated rings. The van der Waals surface area contributed by atoms with E-state index in [9.17, 15) is 28.2 Å². The van der Waals surface area contributed by atoms with Crippen molar-refractivity contribution in [2.45, 2.75) is 64.8 Å². The minimum atomic E-state index is -4.57. The van der Waals surface area contributed by atoms with Crippen LogP contribution in [-0.2, 0) is 18.1 Å². The lowest BCUT2D eigenvalue weighted by Crippen LogP contribution is -2.64. The van der Waals surface area contributed by atoms with Crippen LogP contribution in [0, 0.1) is 12.3 Å². The van der Waals surface area contributed by atoms with Crippen molar-refractivity contribution in [2.24, 2.45) is 5.41 Å². The molecule has 1 spiro atoms. The second-order valence-electron chi connectivity index (χ2n) is 10.2. The number of imidazole rings is 1. The van der Waals surface area contributed by atoms with Crippen LogP contribution >= 0.6 is 0 Å². The predicted molar refractivity (Wildman–Crippen MR) is 113 cm³/mol. The molecule has 2 N–H and O–H groups in total. The fourth-order valence-corrected chi connectivity index (χ4v) is 5.11. The van der Waals surface area contributed by atoms with Gasteiger partial charge in [0.05, 0.1) is 11.7 Å². The number of aliphatic hydroxyl groups excluding tert-OH is 1. The third kappa shape index (κ3) is 3.76. The Morgan fingerprint density at radius 2 is 1.84 bits per heavy atom. The van der Waals surface area contributed by atoms with Gasteiger partial charge in [0.25, 0.3) is 0 Å². The first kappa shape index (κ1) is 22.6. The molecule has 9 heteroatoms. The van der Waals surface area contributed by atoms with Crippen LogP contribution in [0.2, 0.25) is 0 Å².